The van der Waals surface area contributed by atoms with Crippen molar-refractivity contribution in [3.63, 3.8) is 0 Å². The van der Waals surface area contributed by atoms with Crippen LogP contribution in [0.25, 0.3) is 10.9 Å². The molecule has 31 heavy (non-hydrogen) atoms. The Morgan fingerprint density at radius 1 is 0.935 bits per heavy atom. The van der Waals surface area contributed by atoms with E-state index in [1.807, 2.05) is 0 Å². The fourth-order valence-corrected chi connectivity index (χ4v) is 3.18. The molecule has 3 aromatic rings. The van der Waals surface area contributed by atoms with Crippen LogP contribution in [0.15, 0.2) is 30.3 Å². The summed E-state index contributed by atoms with van der Waals surface area (Å²) in [5.41, 5.74) is 1.31. The third-order valence-electron chi connectivity index (χ3n) is 4.65. The second-order valence-electron chi connectivity index (χ2n) is 6.38. The number of aromatic nitrogens is 1. The first kappa shape index (κ1) is 21.8. The Morgan fingerprint density at radius 3 is 2.16 bits per heavy atom. The quantitative estimate of drug-likeness (QED) is 0.528. The highest BCUT2D eigenvalue weighted by molar-refractivity contribution is 6.15. The van der Waals surface area contributed by atoms with E-state index < -0.39 is 11.9 Å². The third kappa shape index (κ3) is 4.20. The first-order valence-corrected chi connectivity index (χ1v) is 9.45. The van der Waals surface area contributed by atoms with E-state index >= 15 is 0 Å². The highest BCUT2D eigenvalue weighted by Gasteiger charge is 2.23. The van der Waals surface area contributed by atoms with Crippen LogP contribution in [0, 0.1) is 0 Å². The first-order valence-electron chi connectivity index (χ1n) is 9.45. The second-order valence-corrected chi connectivity index (χ2v) is 6.38. The van der Waals surface area contributed by atoms with Gasteiger partial charge < -0.3 is 34.0 Å². The van der Waals surface area contributed by atoms with Crippen molar-refractivity contribution in [3.8, 4) is 23.0 Å². The number of nitrogens with one attached hydrogen (secondary N) is 2. The predicted molar refractivity (Wildman–Crippen MR) is 115 cm³/mol. The zero-order chi connectivity index (χ0) is 22.5. The van der Waals surface area contributed by atoms with Gasteiger partial charge in [0, 0.05) is 16.5 Å². The minimum Gasteiger partial charge on any atom is -0.497 e. The molecular formula is C22H24N2O7. The third-order valence-corrected chi connectivity index (χ3v) is 4.65. The molecule has 3 rings (SSSR count). The van der Waals surface area contributed by atoms with Crippen LogP contribution in [0.2, 0.25) is 0 Å². The molecule has 1 aromatic heterocycles. The molecule has 2 aromatic carbocycles. The van der Waals surface area contributed by atoms with Gasteiger partial charge in [0.15, 0.2) is 11.5 Å². The van der Waals surface area contributed by atoms with E-state index in [4.69, 9.17) is 23.7 Å². The summed E-state index contributed by atoms with van der Waals surface area (Å²) in [6.07, 6.45) is 0. The zero-order valence-corrected chi connectivity index (χ0v) is 18.0. The monoisotopic (exact) mass is 428 g/mol. The number of amides is 1. The van der Waals surface area contributed by atoms with Crippen molar-refractivity contribution >= 4 is 28.5 Å². The van der Waals surface area contributed by atoms with Crippen LogP contribution < -0.4 is 24.3 Å². The number of rotatable bonds is 8. The van der Waals surface area contributed by atoms with Gasteiger partial charge >= 0.3 is 5.97 Å². The normalized spacial score (nSPS) is 10.5. The summed E-state index contributed by atoms with van der Waals surface area (Å²) in [7, 11) is 5.94. The number of ether oxygens (including phenoxy) is 5. The topological polar surface area (TPSA) is 108 Å². The number of benzene rings is 2. The Labute approximate surface area is 179 Å². The van der Waals surface area contributed by atoms with Crippen LogP contribution >= 0.6 is 0 Å². The van der Waals surface area contributed by atoms with Gasteiger partial charge in [-0.25, -0.2) is 4.79 Å². The van der Waals surface area contributed by atoms with Crippen molar-refractivity contribution in [1.29, 1.82) is 0 Å². The van der Waals surface area contributed by atoms with Gasteiger partial charge in [-0.3, -0.25) is 4.79 Å². The van der Waals surface area contributed by atoms with Crippen molar-refractivity contribution in [2.45, 2.75) is 6.92 Å². The van der Waals surface area contributed by atoms with Gasteiger partial charge in [-0.05, 0) is 37.3 Å². The lowest BCUT2D eigenvalue weighted by atomic mass is 10.1. The number of carbonyl (C=O) groups excluding carboxylic acids is 2. The number of H-pyrrole nitrogens is 1. The molecule has 0 aliphatic heterocycles. The molecule has 0 radical (unpaired) electrons. The zero-order valence-electron chi connectivity index (χ0n) is 18.0. The van der Waals surface area contributed by atoms with Crippen LogP contribution in [0.5, 0.6) is 23.0 Å². The largest absolute Gasteiger partial charge is 0.497 e. The molecular weight excluding hydrogens is 404 g/mol. The highest BCUT2D eigenvalue weighted by Crippen LogP contribution is 2.39. The summed E-state index contributed by atoms with van der Waals surface area (Å²) in [4.78, 5) is 28.6. The van der Waals surface area contributed by atoms with Crippen LogP contribution in [0.1, 0.15) is 27.8 Å². The summed E-state index contributed by atoms with van der Waals surface area (Å²) in [5, 5.41) is 3.40. The maximum absolute atomic E-state index is 13.1. The minimum absolute atomic E-state index is 0.130. The molecule has 0 unspecified atom stereocenters. The van der Waals surface area contributed by atoms with E-state index in [0.29, 0.717) is 33.9 Å². The number of hydrogen-bond acceptors (Lipinski definition) is 7. The number of aromatic amines is 1. The van der Waals surface area contributed by atoms with Crippen molar-refractivity contribution in [2.75, 3.05) is 40.4 Å². The molecule has 0 aliphatic carbocycles. The van der Waals surface area contributed by atoms with E-state index in [9.17, 15) is 9.59 Å². The lowest BCUT2D eigenvalue weighted by Gasteiger charge is -2.14. The van der Waals surface area contributed by atoms with Gasteiger partial charge in [-0.2, -0.15) is 0 Å². The van der Waals surface area contributed by atoms with E-state index in [0.717, 1.165) is 0 Å². The highest BCUT2D eigenvalue weighted by atomic mass is 16.5. The summed E-state index contributed by atoms with van der Waals surface area (Å²) in [6.45, 7) is 1.90. The Bertz CT molecular complexity index is 1100. The van der Waals surface area contributed by atoms with Crippen LogP contribution in [-0.2, 0) is 4.74 Å². The molecule has 0 bridgehead atoms. The summed E-state index contributed by atoms with van der Waals surface area (Å²) < 4.78 is 26.3. The predicted octanol–water partition coefficient (Wildman–Crippen LogP) is 3.63. The summed E-state index contributed by atoms with van der Waals surface area (Å²) in [6, 6.07) is 8.27. The lowest BCUT2D eigenvalue weighted by Crippen LogP contribution is -2.16. The first-order chi connectivity index (χ1) is 15.0. The van der Waals surface area contributed by atoms with E-state index in [2.05, 4.69) is 10.3 Å². The van der Waals surface area contributed by atoms with Gasteiger partial charge in [0.2, 0.25) is 5.75 Å². The molecule has 164 valence electrons. The van der Waals surface area contributed by atoms with Crippen LogP contribution in [0.4, 0.5) is 5.69 Å². The van der Waals surface area contributed by atoms with Crippen LogP contribution in [-0.4, -0.2) is 51.9 Å². The summed E-state index contributed by atoms with van der Waals surface area (Å²) in [5.74, 6) is 0.540. The van der Waals surface area contributed by atoms with Crippen molar-refractivity contribution in [3.05, 3.63) is 41.6 Å². The SMILES string of the molecule is CCOC(=O)c1[nH]c2ccc(OC)cc2c1NC(=O)c1cc(OC)c(OC)c(OC)c1. The molecule has 9 heteroatoms. The molecule has 0 fully saturated rings. The van der Waals surface area contributed by atoms with Crippen molar-refractivity contribution in [2.24, 2.45) is 0 Å². The maximum Gasteiger partial charge on any atom is 0.356 e. The molecule has 0 atom stereocenters. The standard InChI is InChI=1S/C22H24N2O7/c1-6-31-22(26)19-18(14-11-13(27-2)7-8-15(14)23-19)24-21(25)12-9-16(28-3)20(30-5)17(10-12)29-4/h7-11,23H,6H2,1-5H3,(H,24,25). The average Bonchev–Trinajstić information content (AvgIpc) is 3.15. The Morgan fingerprint density at radius 2 is 1.61 bits per heavy atom. The van der Waals surface area contributed by atoms with Gasteiger partial charge in [0.05, 0.1) is 40.7 Å². The number of carbonyl (C=O) groups is 2. The lowest BCUT2D eigenvalue weighted by molar-refractivity contribution is 0.0522. The molecule has 0 saturated heterocycles. The number of fused-ring (bicyclic) bond motifs is 1. The van der Waals surface area contributed by atoms with Crippen LogP contribution in [0.3, 0.4) is 0 Å². The van der Waals surface area contributed by atoms with Crippen molar-refractivity contribution < 1.29 is 33.3 Å². The van der Waals surface area contributed by atoms with Gasteiger partial charge in [0.25, 0.3) is 5.91 Å². The smallest absolute Gasteiger partial charge is 0.356 e. The maximum atomic E-state index is 13.1. The number of anilines is 1. The van der Waals surface area contributed by atoms with E-state index in [-0.39, 0.29) is 23.6 Å². The molecule has 1 amide bonds. The Balaban J connectivity index is 2.08. The molecule has 9 nitrogen and oxygen atoms in total. The summed E-state index contributed by atoms with van der Waals surface area (Å²) >= 11 is 0. The average molecular weight is 428 g/mol. The van der Waals surface area contributed by atoms with Gasteiger partial charge in [-0.1, -0.05) is 0 Å². The molecule has 1 heterocycles. The number of esters is 1. The number of hydrogen-bond donors (Lipinski definition) is 2. The van der Waals surface area contributed by atoms with Gasteiger partial charge in [0.1, 0.15) is 11.4 Å². The Hall–Kier alpha value is -3.88. The Kier molecular flexibility index (Phi) is 6.54. The molecule has 0 spiro atoms. The van der Waals surface area contributed by atoms with E-state index in [1.165, 1.54) is 40.6 Å². The fraction of sp³-hybridized carbons (Fsp3) is 0.273. The molecule has 0 aliphatic rings. The fourth-order valence-electron chi connectivity index (χ4n) is 3.18. The minimum atomic E-state index is -0.585. The van der Waals surface area contributed by atoms with Gasteiger partial charge in [-0.15, -0.1) is 0 Å². The van der Waals surface area contributed by atoms with E-state index in [1.54, 1.807) is 25.1 Å². The number of methoxy groups -OCH3 is 4. The molecule has 2 N–H and O–H groups in total. The molecule has 0 saturated carbocycles. The second kappa shape index (κ2) is 9.29. The van der Waals surface area contributed by atoms with Crippen molar-refractivity contribution in [1.82, 2.24) is 4.98 Å².